The summed E-state index contributed by atoms with van der Waals surface area (Å²) in [5, 5.41) is 1.08. The predicted molar refractivity (Wildman–Crippen MR) is 72.3 cm³/mol. The molecule has 6 heteroatoms. The summed E-state index contributed by atoms with van der Waals surface area (Å²) >= 11 is 13.5. The van der Waals surface area contributed by atoms with E-state index in [1.807, 2.05) is 18.3 Å². The first-order chi connectivity index (χ1) is 8.20. The summed E-state index contributed by atoms with van der Waals surface area (Å²) < 4.78 is 0. The van der Waals surface area contributed by atoms with Gasteiger partial charge >= 0.3 is 0 Å². The fourth-order valence-corrected chi connectivity index (χ4v) is 2.49. The summed E-state index contributed by atoms with van der Waals surface area (Å²) in [4.78, 5) is 5.20. The highest BCUT2D eigenvalue weighted by Gasteiger charge is 2.12. The summed E-state index contributed by atoms with van der Waals surface area (Å²) in [6.45, 7) is 0. The molecular weight excluding hydrogens is 277 g/mol. The zero-order chi connectivity index (χ0) is 12.3. The van der Waals surface area contributed by atoms with E-state index in [-0.39, 0.29) is 6.04 Å². The normalized spacial score (nSPS) is 12.6. The molecule has 0 saturated carbocycles. The Morgan fingerprint density at radius 3 is 2.76 bits per heavy atom. The van der Waals surface area contributed by atoms with E-state index in [0.717, 1.165) is 12.0 Å². The molecule has 0 spiro atoms. The lowest BCUT2D eigenvalue weighted by molar-refractivity contribution is 0.555. The highest BCUT2D eigenvalue weighted by Crippen LogP contribution is 2.27. The van der Waals surface area contributed by atoms with Gasteiger partial charge in [0.25, 0.3) is 0 Å². The lowest BCUT2D eigenvalue weighted by Gasteiger charge is -2.15. The topological polar surface area (TPSA) is 50.9 Å². The van der Waals surface area contributed by atoms with Crippen LogP contribution in [-0.4, -0.2) is 4.98 Å². The van der Waals surface area contributed by atoms with Gasteiger partial charge in [0.05, 0.1) is 21.6 Å². The highest BCUT2D eigenvalue weighted by molar-refractivity contribution is 7.09. The Kier molecular flexibility index (Phi) is 4.36. The number of rotatable bonds is 4. The van der Waals surface area contributed by atoms with Crippen molar-refractivity contribution in [1.29, 1.82) is 0 Å². The molecule has 0 amide bonds. The Hall–Kier alpha value is -0.650. The second-order valence-corrected chi connectivity index (χ2v) is 5.35. The molecule has 1 aromatic carbocycles. The van der Waals surface area contributed by atoms with Crippen molar-refractivity contribution in [2.75, 3.05) is 0 Å². The summed E-state index contributed by atoms with van der Waals surface area (Å²) in [5.74, 6) is 5.57. The van der Waals surface area contributed by atoms with E-state index in [1.54, 1.807) is 22.9 Å². The predicted octanol–water partition coefficient (Wildman–Crippen LogP) is 3.20. The number of nitrogens with two attached hydrogens (primary N) is 1. The lowest BCUT2D eigenvalue weighted by atomic mass is 10.0. The maximum Gasteiger partial charge on any atom is 0.0794 e. The smallest absolute Gasteiger partial charge is 0.0794 e. The fraction of sp³-hybridized carbons (Fsp3) is 0.182. The van der Waals surface area contributed by atoms with Gasteiger partial charge in [-0.1, -0.05) is 29.3 Å². The molecule has 17 heavy (non-hydrogen) atoms. The number of nitrogens with one attached hydrogen (secondary N) is 1. The molecule has 2 aromatic rings. The Morgan fingerprint density at radius 2 is 2.18 bits per heavy atom. The van der Waals surface area contributed by atoms with E-state index in [9.17, 15) is 0 Å². The first-order valence-electron chi connectivity index (χ1n) is 4.99. The molecule has 0 radical (unpaired) electrons. The number of aromatic nitrogens is 1. The standard InChI is InChI=1S/C11H11Cl2N3S/c12-9-2-1-7(3-10(9)13)11(16-14)4-8-5-15-6-17-8/h1-3,5-6,11,16H,4,14H2. The van der Waals surface area contributed by atoms with Gasteiger partial charge in [0, 0.05) is 17.5 Å². The van der Waals surface area contributed by atoms with Gasteiger partial charge in [-0.05, 0) is 17.7 Å². The average Bonchev–Trinajstić information content (AvgIpc) is 2.82. The van der Waals surface area contributed by atoms with Crippen LogP contribution >= 0.6 is 34.5 Å². The first kappa shape index (κ1) is 12.8. The van der Waals surface area contributed by atoms with Crippen molar-refractivity contribution < 1.29 is 0 Å². The van der Waals surface area contributed by atoms with E-state index < -0.39 is 0 Å². The maximum absolute atomic E-state index is 5.99. The van der Waals surface area contributed by atoms with Crippen LogP contribution in [0.25, 0.3) is 0 Å². The molecule has 1 heterocycles. The average molecular weight is 288 g/mol. The molecule has 3 nitrogen and oxygen atoms in total. The van der Waals surface area contributed by atoms with Crippen molar-refractivity contribution in [2.24, 2.45) is 5.84 Å². The molecule has 0 aliphatic carbocycles. The zero-order valence-corrected chi connectivity index (χ0v) is 11.2. The van der Waals surface area contributed by atoms with Crippen molar-refractivity contribution in [3.8, 4) is 0 Å². The molecule has 0 fully saturated rings. The van der Waals surface area contributed by atoms with Crippen LogP contribution in [-0.2, 0) is 6.42 Å². The van der Waals surface area contributed by atoms with Crippen LogP contribution < -0.4 is 11.3 Å². The molecular formula is C11H11Cl2N3S. The van der Waals surface area contributed by atoms with E-state index in [2.05, 4.69) is 10.4 Å². The number of benzene rings is 1. The summed E-state index contributed by atoms with van der Waals surface area (Å²) in [6.07, 6.45) is 2.62. The van der Waals surface area contributed by atoms with Gasteiger partial charge in [-0.15, -0.1) is 11.3 Å². The van der Waals surface area contributed by atoms with Gasteiger partial charge in [0.15, 0.2) is 0 Å². The van der Waals surface area contributed by atoms with Crippen molar-refractivity contribution in [1.82, 2.24) is 10.4 Å². The van der Waals surface area contributed by atoms with Crippen LogP contribution in [0.3, 0.4) is 0 Å². The number of hydrogen-bond acceptors (Lipinski definition) is 4. The Morgan fingerprint density at radius 1 is 1.35 bits per heavy atom. The fourth-order valence-electron chi connectivity index (χ4n) is 1.55. The van der Waals surface area contributed by atoms with Crippen molar-refractivity contribution in [3.63, 3.8) is 0 Å². The molecule has 1 unspecified atom stereocenters. The molecule has 0 bridgehead atoms. The van der Waals surface area contributed by atoms with Crippen molar-refractivity contribution in [3.05, 3.63) is 50.4 Å². The van der Waals surface area contributed by atoms with Crippen LogP contribution in [0.1, 0.15) is 16.5 Å². The summed E-state index contributed by atoms with van der Waals surface area (Å²) in [6, 6.07) is 5.52. The highest BCUT2D eigenvalue weighted by atomic mass is 35.5. The Bertz CT molecular complexity index is 487. The van der Waals surface area contributed by atoms with Gasteiger partial charge in [-0.3, -0.25) is 16.3 Å². The van der Waals surface area contributed by atoms with Crippen molar-refractivity contribution >= 4 is 34.5 Å². The molecule has 0 aliphatic heterocycles. The quantitative estimate of drug-likeness (QED) is 0.671. The van der Waals surface area contributed by atoms with E-state index >= 15 is 0 Å². The SMILES string of the molecule is NNC(Cc1cncs1)c1ccc(Cl)c(Cl)c1. The maximum atomic E-state index is 5.99. The van der Waals surface area contributed by atoms with Crippen LogP contribution in [0.5, 0.6) is 0 Å². The minimum absolute atomic E-state index is 0.00483. The van der Waals surface area contributed by atoms with Crippen molar-refractivity contribution in [2.45, 2.75) is 12.5 Å². The van der Waals surface area contributed by atoms with Crippen LogP contribution in [0.2, 0.25) is 10.0 Å². The molecule has 1 aromatic heterocycles. The molecule has 1 atom stereocenters. The first-order valence-corrected chi connectivity index (χ1v) is 6.62. The molecule has 3 N–H and O–H groups in total. The zero-order valence-electron chi connectivity index (χ0n) is 8.86. The number of hydrazine groups is 1. The molecule has 2 rings (SSSR count). The monoisotopic (exact) mass is 287 g/mol. The molecule has 0 saturated heterocycles. The van der Waals surface area contributed by atoms with E-state index in [4.69, 9.17) is 29.0 Å². The summed E-state index contributed by atoms with van der Waals surface area (Å²) in [7, 11) is 0. The number of hydrogen-bond donors (Lipinski definition) is 2. The third-order valence-electron chi connectivity index (χ3n) is 2.44. The number of halogens is 2. The minimum Gasteiger partial charge on any atom is -0.271 e. The Balaban J connectivity index is 2.20. The number of thiazole rings is 1. The molecule has 0 aliphatic rings. The van der Waals surface area contributed by atoms with Crippen LogP contribution in [0.15, 0.2) is 29.9 Å². The second kappa shape index (κ2) is 5.80. The van der Waals surface area contributed by atoms with Gasteiger partial charge in [0.1, 0.15) is 0 Å². The van der Waals surface area contributed by atoms with Crippen LogP contribution in [0, 0.1) is 0 Å². The molecule has 90 valence electrons. The largest absolute Gasteiger partial charge is 0.271 e. The van der Waals surface area contributed by atoms with E-state index in [0.29, 0.717) is 10.0 Å². The third kappa shape index (κ3) is 3.18. The lowest BCUT2D eigenvalue weighted by Crippen LogP contribution is -2.29. The number of nitrogens with zero attached hydrogens (tertiary/aromatic N) is 1. The Labute approximate surface area is 114 Å². The minimum atomic E-state index is 0.00483. The second-order valence-electron chi connectivity index (χ2n) is 3.56. The van der Waals surface area contributed by atoms with Gasteiger partial charge in [-0.25, -0.2) is 0 Å². The summed E-state index contributed by atoms with van der Waals surface area (Å²) in [5.41, 5.74) is 5.59. The van der Waals surface area contributed by atoms with Crippen LogP contribution in [0.4, 0.5) is 0 Å². The van der Waals surface area contributed by atoms with Gasteiger partial charge in [-0.2, -0.15) is 0 Å². The third-order valence-corrected chi connectivity index (χ3v) is 3.98. The van der Waals surface area contributed by atoms with Gasteiger partial charge < -0.3 is 0 Å². The van der Waals surface area contributed by atoms with Gasteiger partial charge in [0.2, 0.25) is 0 Å². The van der Waals surface area contributed by atoms with E-state index in [1.165, 1.54) is 4.88 Å².